The number of tetrazole rings is 1. The molecular formula is C12H13ClFN5O. The van der Waals surface area contributed by atoms with Crippen molar-refractivity contribution >= 4 is 23.2 Å². The van der Waals surface area contributed by atoms with E-state index in [0.717, 1.165) is 6.42 Å². The van der Waals surface area contributed by atoms with Crippen LogP contribution in [-0.2, 0) is 4.79 Å². The minimum absolute atomic E-state index is 0.105. The Bertz CT molecular complexity index is 575. The third-order valence-electron chi connectivity index (χ3n) is 2.63. The predicted octanol–water partition coefficient (Wildman–Crippen LogP) is 2.15. The molecule has 8 heteroatoms. The standard InChI is InChI=1S/C12H13ClFN5O/c13-6-2-1-3-12(20)16-11-7-9(4-5-10(11)14)19-8-15-17-18-19/h4-5,7-8H,1-3,6H2,(H,16,20). The minimum Gasteiger partial charge on any atom is -0.324 e. The molecule has 20 heavy (non-hydrogen) atoms. The smallest absolute Gasteiger partial charge is 0.224 e. The van der Waals surface area contributed by atoms with Crippen LogP contribution in [0, 0.1) is 5.82 Å². The van der Waals surface area contributed by atoms with Gasteiger partial charge in [0.2, 0.25) is 5.91 Å². The van der Waals surface area contributed by atoms with Crippen LogP contribution < -0.4 is 5.32 Å². The SMILES string of the molecule is O=C(CCCCCl)Nc1cc(-n2cnnn2)ccc1F. The van der Waals surface area contributed by atoms with E-state index in [1.807, 2.05) is 0 Å². The summed E-state index contributed by atoms with van der Waals surface area (Å²) in [4.78, 5) is 11.7. The van der Waals surface area contributed by atoms with E-state index < -0.39 is 5.82 Å². The highest BCUT2D eigenvalue weighted by molar-refractivity contribution is 6.17. The molecule has 106 valence electrons. The van der Waals surface area contributed by atoms with E-state index >= 15 is 0 Å². The van der Waals surface area contributed by atoms with Crippen molar-refractivity contribution in [1.29, 1.82) is 0 Å². The largest absolute Gasteiger partial charge is 0.324 e. The average Bonchev–Trinajstić information content (AvgIpc) is 2.95. The molecule has 1 aromatic carbocycles. The highest BCUT2D eigenvalue weighted by atomic mass is 35.5. The number of nitrogens with one attached hydrogen (secondary N) is 1. The molecule has 0 saturated carbocycles. The number of rotatable bonds is 6. The van der Waals surface area contributed by atoms with E-state index in [1.54, 1.807) is 0 Å². The van der Waals surface area contributed by atoms with Crippen LogP contribution in [-0.4, -0.2) is 32.0 Å². The lowest BCUT2D eigenvalue weighted by Gasteiger charge is -2.08. The summed E-state index contributed by atoms with van der Waals surface area (Å²) in [7, 11) is 0. The topological polar surface area (TPSA) is 72.7 Å². The maximum absolute atomic E-state index is 13.7. The normalized spacial score (nSPS) is 10.5. The van der Waals surface area contributed by atoms with E-state index in [4.69, 9.17) is 11.6 Å². The Morgan fingerprint density at radius 3 is 2.95 bits per heavy atom. The maximum Gasteiger partial charge on any atom is 0.224 e. The van der Waals surface area contributed by atoms with Crippen molar-refractivity contribution in [2.24, 2.45) is 0 Å². The Morgan fingerprint density at radius 2 is 2.25 bits per heavy atom. The number of amides is 1. The predicted molar refractivity (Wildman–Crippen MR) is 72.3 cm³/mol. The maximum atomic E-state index is 13.7. The summed E-state index contributed by atoms with van der Waals surface area (Å²) in [6, 6.07) is 4.26. The summed E-state index contributed by atoms with van der Waals surface area (Å²) in [5.74, 6) is -0.244. The van der Waals surface area contributed by atoms with Crippen LogP contribution >= 0.6 is 11.6 Å². The molecule has 2 aromatic rings. The number of unbranched alkanes of at least 4 members (excludes halogenated alkanes) is 1. The van der Waals surface area contributed by atoms with Gasteiger partial charge in [0.25, 0.3) is 0 Å². The second-order valence-corrected chi connectivity index (χ2v) is 4.49. The van der Waals surface area contributed by atoms with Crippen molar-refractivity contribution in [3.63, 3.8) is 0 Å². The summed E-state index contributed by atoms with van der Waals surface area (Å²) in [5, 5.41) is 13.2. The van der Waals surface area contributed by atoms with Crippen LogP contribution in [0.1, 0.15) is 19.3 Å². The molecule has 0 atom stereocenters. The van der Waals surface area contributed by atoms with Crippen molar-refractivity contribution in [1.82, 2.24) is 20.2 Å². The molecule has 1 amide bonds. The lowest BCUT2D eigenvalue weighted by molar-refractivity contribution is -0.116. The lowest BCUT2D eigenvalue weighted by atomic mass is 10.2. The highest BCUT2D eigenvalue weighted by Crippen LogP contribution is 2.18. The molecular weight excluding hydrogens is 285 g/mol. The van der Waals surface area contributed by atoms with E-state index in [9.17, 15) is 9.18 Å². The zero-order valence-electron chi connectivity index (χ0n) is 10.6. The first-order valence-electron chi connectivity index (χ1n) is 6.09. The van der Waals surface area contributed by atoms with Gasteiger partial charge in [-0.1, -0.05) is 0 Å². The molecule has 6 nitrogen and oxygen atoms in total. The summed E-state index contributed by atoms with van der Waals surface area (Å²) < 4.78 is 15.0. The highest BCUT2D eigenvalue weighted by Gasteiger charge is 2.09. The average molecular weight is 298 g/mol. The second kappa shape index (κ2) is 6.95. The summed E-state index contributed by atoms with van der Waals surface area (Å²) >= 11 is 5.53. The van der Waals surface area contributed by atoms with Gasteiger partial charge in [-0.05, 0) is 41.5 Å². The first-order chi connectivity index (χ1) is 9.70. The number of benzene rings is 1. The fourth-order valence-electron chi connectivity index (χ4n) is 1.62. The van der Waals surface area contributed by atoms with Gasteiger partial charge in [-0.15, -0.1) is 16.7 Å². The Labute approximate surface area is 119 Å². The zero-order chi connectivity index (χ0) is 14.4. The Hall–Kier alpha value is -2.02. The van der Waals surface area contributed by atoms with Crippen molar-refractivity contribution in [2.45, 2.75) is 19.3 Å². The summed E-state index contributed by atoms with van der Waals surface area (Å²) in [6.07, 6.45) is 3.12. The number of carbonyl (C=O) groups is 1. The van der Waals surface area contributed by atoms with Gasteiger partial charge in [-0.2, -0.15) is 0 Å². The Balaban J connectivity index is 2.07. The van der Waals surface area contributed by atoms with Crippen LogP contribution in [0.5, 0.6) is 0 Å². The molecule has 0 saturated heterocycles. The van der Waals surface area contributed by atoms with Crippen LogP contribution in [0.25, 0.3) is 5.69 Å². The fourth-order valence-corrected chi connectivity index (χ4v) is 1.81. The van der Waals surface area contributed by atoms with Crippen molar-refractivity contribution < 1.29 is 9.18 Å². The first kappa shape index (κ1) is 14.4. The van der Waals surface area contributed by atoms with Gasteiger partial charge < -0.3 is 5.32 Å². The van der Waals surface area contributed by atoms with Crippen LogP contribution in [0.15, 0.2) is 24.5 Å². The fraction of sp³-hybridized carbons (Fsp3) is 0.333. The van der Waals surface area contributed by atoms with Gasteiger partial charge in [-0.3, -0.25) is 4.79 Å². The lowest BCUT2D eigenvalue weighted by Crippen LogP contribution is -2.13. The summed E-state index contributed by atoms with van der Waals surface area (Å²) in [5.41, 5.74) is 0.668. The third kappa shape index (κ3) is 3.74. The number of nitrogens with zero attached hydrogens (tertiary/aromatic N) is 4. The van der Waals surface area contributed by atoms with Crippen LogP contribution in [0.4, 0.5) is 10.1 Å². The van der Waals surface area contributed by atoms with Crippen molar-refractivity contribution in [2.75, 3.05) is 11.2 Å². The molecule has 0 radical (unpaired) electrons. The number of hydrogen-bond acceptors (Lipinski definition) is 4. The molecule has 1 N–H and O–H groups in total. The second-order valence-electron chi connectivity index (χ2n) is 4.11. The number of halogens is 2. The Kier molecular flexibility index (Phi) is 5.00. The quantitative estimate of drug-likeness (QED) is 0.655. The molecule has 0 aliphatic rings. The number of hydrogen-bond donors (Lipinski definition) is 1. The summed E-state index contributed by atoms with van der Waals surface area (Å²) in [6.45, 7) is 0. The molecule has 0 unspecified atom stereocenters. The van der Waals surface area contributed by atoms with Crippen LogP contribution in [0.2, 0.25) is 0 Å². The molecule has 0 spiro atoms. The molecule has 1 aromatic heterocycles. The van der Waals surface area contributed by atoms with Gasteiger partial charge in [0.15, 0.2) is 0 Å². The zero-order valence-corrected chi connectivity index (χ0v) is 11.3. The van der Waals surface area contributed by atoms with E-state index in [0.29, 0.717) is 24.4 Å². The third-order valence-corrected chi connectivity index (χ3v) is 2.89. The van der Waals surface area contributed by atoms with Gasteiger partial charge in [0.05, 0.1) is 11.4 Å². The molecule has 0 fully saturated rings. The number of anilines is 1. The van der Waals surface area contributed by atoms with Gasteiger partial charge in [0.1, 0.15) is 12.1 Å². The van der Waals surface area contributed by atoms with E-state index in [-0.39, 0.29) is 11.6 Å². The molecule has 0 aliphatic heterocycles. The van der Waals surface area contributed by atoms with E-state index in [1.165, 1.54) is 29.2 Å². The monoisotopic (exact) mass is 297 g/mol. The minimum atomic E-state index is -0.507. The van der Waals surface area contributed by atoms with Crippen molar-refractivity contribution in [3.05, 3.63) is 30.3 Å². The molecule has 0 bridgehead atoms. The van der Waals surface area contributed by atoms with Gasteiger partial charge in [0, 0.05) is 12.3 Å². The van der Waals surface area contributed by atoms with E-state index in [2.05, 4.69) is 20.8 Å². The Morgan fingerprint density at radius 1 is 1.40 bits per heavy atom. The first-order valence-corrected chi connectivity index (χ1v) is 6.63. The molecule has 1 heterocycles. The van der Waals surface area contributed by atoms with Crippen LogP contribution in [0.3, 0.4) is 0 Å². The van der Waals surface area contributed by atoms with Gasteiger partial charge >= 0.3 is 0 Å². The molecule has 2 rings (SSSR count). The van der Waals surface area contributed by atoms with Crippen molar-refractivity contribution in [3.8, 4) is 5.69 Å². The number of aromatic nitrogens is 4. The number of carbonyl (C=O) groups excluding carboxylic acids is 1. The number of alkyl halides is 1. The molecule has 0 aliphatic carbocycles. The van der Waals surface area contributed by atoms with Gasteiger partial charge in [-0.25, -0.2) is 9.07 Å².